The standard InChI is InChI=1S/C27H27NO5S/c1-3-32-27(31)25-21-13-11-17(2)15-22(21)34-26(25)28-23(29)16-33-24(30)14-12-19-9-6-8-18-7-4-5-10-20(18)19/h4-10,12,14,17H,3,11,13,15-16H2,1-2H3,(H,28,29)/b14-12+. The molecule has 0 saturated carbocycles. The number of carbonyl (C=O) groups excluding carboxylic acids is 3. The van der Waals surface area contributed by atoms with Crippen molar-refractivity contribution in [2.45, 2.75) is 33.1 Å². The summed E-state index contributed by atoms with van der Waals surface area (Å²) in [5, 5.41) is 5.31. The molecule has 0 aliphatic heterocycles. The molecule has 0 saturated heterocycles. The number of thiophene rings is 1. The zero-order chi connectivity index (χ0) is 24.1. The summed E-state index contributed by atoms with van der Waals surface area (Å²) >= 11 is 1.40. The van der Waals surface area contributed by atoms with Gasteiger partial charge in [-0.05, 0) is 60.1 Å². The van der Waals surface area contributed by atoms with E-state index in [1.807, 2.05) is 42.5 Å². The zero-order valence-corrected chi connectivity index (χ0v) is 20.1. The van der Waals surface area contributed by atoms with Crippen LogP contribution in [0.5, 0.6) is 0 Å². The predicted octanol–water partition coefficient (Wildman–Crippen LogP) is 5.40. The van der Waals surface area contributed by atoms with Crippen molar-refractivity contribution >= 4 is 51.0 Å². The van der Waals surface area contributed by atoms with E-state index in [0.717, 1.165) is 46.0 Å². The first-order chi connectivity index (χ1) is 16.5. The topological polar surface area (TPSA) is 81.7 Å². The van der Waals surface area contributed by atoms with Gasteiger partial charge in [-0.2, -0.15) is 0 Å². The summed E-state index contributed by atoms with van der Waals surface area (Å²) in [6.07, 6.45) is 5.63. The molecule has 176 valence electrons. The summed E-state index contributed by atoms with van der Waals surface area (Å²) in [6, 6.07) is 13.7. The van der Waals surface area contributed by atoms with Gasteiger partial charge in [0.2, 0.25) is 0 Å². The van der Waals surface area contributed by atoms with Crippen LogP contribution in [0.4, 0.5) is 5.00 Å². The van der Waals surface area contributed by atoms with Gasteiger partial charge in [-0.3, -0.25) is 4.79 Å². The van der Waals surface area contributed by atoms with Gasteiger partial charge in [-0.15, -0.1) is 11.3 Å². The van der Waals surface area contributed by atoms with Gasteiger partial charge in [-0.1, -0.05) is 49.4 Å². The number of hydrogen-bond acceptors (Lipinski definition) is 6. The lowest BCUT2D eigenvalue weighted by Gasteiger charge is -2.18. The van der Waals surface area contributed by atoms with E-state index in [9.17, 15) is 14.4 Å². The first-order valence-corrected chi connectivity index (χ1v) is 12.2. The van der Waals surface area contributed by atoms with Crippen LogP contribution in [0.15, 0.2) is 48.5 Å². The molecule has 1 N–H and O–H groups in total. The number of amides is 1. The summed E-state index contributed by atoms with van der Waals surface area (Å²) in [6.45, 7) is 3.74. The Hall–Kier alpha value is -3.45. The molecule has 3 aromatic rings. The number of rotatable bonds is 7. The van der Waals surface area contributed by atoms with E-state index < -0.39 is 24.5 Å². The van der Waals surface area contributed by atoms with Crippen LogP contribution >= 0.6 is 11.3 Å². The van der Waals surface area contributed by atoms with Gasteiger partial charge in [-0.25, -0.2) is 9.59 Å². The minimum absolute atomic E-state index is 0.258. The van der Waals surface area contributed by atoms with Gasteiger partial charge in [0.15, 0.2) is 6.61 Å². The lowest BCUT2D eigenvalue weighted by Crippen LogP contribution is -2.21. The second-order valence-corrected chi connectivity index (χ2v) is 9.44. The van der Waals surface area contributed by atoms with Crippen LogP contribution in [0.2, 0.25) is 0 Å². The quantitative estimate of drug-likeness (QED) is 0.364. The van der Waals surface area contributed by atoms with E-state index in [1.54, 1.807) is 13.0 Å². The largest absolute Gasteiger partial charge is 0.462 e. The average Bonchev–Trinajstić information content (AvgIpc) is 3.18. The number of esters is 2. The minimum Gasteiger partial charge on any atom is -0.462 e. The highest BCUT2D eigenvalue weighted by Crippen LogP contribution is 2.40. The molecule has 0 radical (unpaired) electrons. The van der Waals surface area contributed by atoms with Crippen LogP contribution in [0, 0.1) is 5.92 Å². The number of benzene rings is 2. The Morgan fingerprint density at radius 3 is 2.74 bits per heavy atom. The monoisotopic (exact) mass is 477 g/mol. The summed E-state index contributed by atoms with van der Waals surface area (Å²) in [5.74, 6) is -1.02. The number of anilines is 1. The minimum atomic E-state index is -0.618. The molecule has 34 heavy (non-hydrogen) atoms. The zero-order valence-electron chi connectivity index (χ0n) is 19.3. The van der Waals surface area contributed by atoms with E-state index in [1.165, 1.54) is 17.4 Å². The number of hydrogen-bond donors (Lipinski definition) is 1. The molecule has 1 amide bonds. The third-order valence-electron chi connectivity index (χ3n) is 5.81. The summed E-state index contributed by atoms with van der Waals surface area (Å²) in [5.41, 5.74) is 2.29. The lowest BCUT2D eigenvalue weighted by molar-refractivity contribution is -0.142. The third-order valence-corrected chi connectivity index (χ3v) is 6.98. The average molecular weight is 478 g/mol. The van der Waals surface area contributed by atoms with Gasteiger partial charge in [0, 0.05) is 11.0 Å². The van der Waals surface area contributed by atoms with Crippen LogP contribution < -0.4 is 5.32 Å². The molecule has 1 aromatic heterocycles. The van der Waals surface area contributed by atoms with E-state index in [2.05, 4.69) is 12.2 Å². The lowest BCUT2D eigenvalue weighted by atomic mass is 9.88. The fraction of sp³-hybridized carbons (Fsp3) is 0.296. The molecule has 0 spiro atoms. The Morgan fingerprint density at radius 1 is 1.12 bits per heavy atom. The van der Waals surface area contributed by atoms with Crippen molar-refractivity contribution in [2.75, 3.05) is 18.5 Å². The van der Waals surface area contributed by atoms with Gasteiger partial charge in [0.1, 0.15) is 5.00 Å². The molecule has 2 aromatic carbocycles. The number of nitrogens with one attached hydrogen (secondary N) is 1. The second-order valence-electron chi connectivity index (χ2n) is 8.33. The maximum atomic E-state index is 12.6. The van der Waals surface area contributed by atoms with Crippen molar-refractivity contribution in [2.24, 2.45) is 5.92 Å². The van der Waals surface area contributed by atoms with Gasteiger partial charge < -0.3 is 14.8 Å². The predicted molar refractivity (Wildman–Crippen MR) is 134 cm³/mol. The number of ether oxygens (including phenoxy) is 2. The Balaban J connectivity index is 1.40. The van der Waals surface area contributed by atoms with Gasteiger partial charge in [0.05, 0.1) is 12.2 Å². The van der Waals surface area contributed by atoms with Crippen molar-refractivity contribution in [1.29, 1.82) is 0 Å². The summed E-state index contributed by atoms with van der Waals surface area (Å²) < 4.78 is 10.4. The Kier molecular flexibility index (Phi) is 7.43. The van der Waals surface area contributed by atoms with Crippen molar-refractivity contribution in [3.63, 3.8) is 0 Å². The fourth-order valence-corrected chi connectivity index (χ4v) is 5.57. The molecular weight excluding hydrogens is 450 g/mol. The molecule has 1 aliphatic rings. The molecule has 0 bridgehead atoms. The van der Waals surface area contributed by atoms with Crippen molar-refractivity contribution < 1.29 is 23.9 Å². The first kappa shape index (κ1) is 23.7. The molecule has 1 unspecified atom stereocenters. The molecule has 0 fully saturated rings. The van der Waals surface area contributed by atoms with E-state index in [4.69, 9.17) is 9.47 Å². The van der Waals surface area contributed by atoms with Crippen LogP contribution in [-0.4, -0.2) is 31.1 Å². The Labute approximate surface area is 202 Å². The van der Waals surface area contributed by atoms with Crippen molar-refractivity contribution in [3.05, 3.63) is 70.1 Å². The summed E-state index contributed by atoms with van der Waals surface area (Å²) in [7, 11) is 0. The van der Waals surface area contributed by atoms with Crippen LogP contribution in [0.1, 0.15) is 46.6 Å². The Bertz CT molecular complexity index is 1250. The van der Waals surface area contributed by atoms with Crippen LogP contribution in [0.25, 0.3) is 16.8 Å². The van der Waals surface area contributed by atoms with Gasteiger partial charge >= 0.3 is 11.9 Å². The Morgan fingerprint density at radius 2 is 1.91 bits per heavy atom. The van der Waals surface area contributed by atoms with Gasteiger partial charge in [0.25, 0.3) is 5.91 Å². The molecule has 4 rings (SSSR count). The van der Waals surface area contributed by atoms with Crippen LogP contribution in [-0.2, 0) is 31.9 Å². The second kappa shape index (κ2) is 10.7. The highest BCUT2D eigenvalue weighted by Gasteiger charge is 2.29. The first-order valence-electron chi connectivity index (χ1n) is 11.4. The molecule has 6 nitrogen and oxygen atoms in total. The SMILES string of the molecule is CCOC(=O)c1c(NC(=O)COC(=O)/C=C/c2cccc3ccccc23)sc2c1CCC(C)C2. The number of fused-ring (bicyclic) bond motifs is 2. The smallest absolute Gasteiger partial charge is 0.341 e. The van der Waals surface area contributed by atoms with Crippen molar-refractivity contribution in [3.8, 4) is 0 Å². The maximum Gasteiger partial charge on any atom is 0.341 e. The highest BCUT2D eigenvalue weighted by molar-refractivity contribution is 7.17. The molecule has 1 heterocycles. The molecule has 1 aliphatic carbocycles. The third kappa shape index (κ3) is 5.37. The molecule has 7 heteroatoms. The maximum absolute atomic E-state index is 12.6. The van der Waals surface area contributed by atoms with E-state index in [-0.39, 0.29) is 6.61 Å². The van der Waals surface area contributed by atoms with Crippen LogP contribution in [0.3, 0.4) is 0 Å². The molecule has 1 atom stereocenters. The highest BCUT2D eigenvalue weighted by atomic mass is 32.1. The molecular formula is C27H27NO5S. The fourth-order valence-electron chi connectivity index (χ4n) is 4.16. The van der Waals surface area contributed by atoms with E-state index in [0.29, 0.717) is 16.5 Å². The summed E-state index contributed by atoms with van der Waals surface area (Å²) in [4.78, 5) is 38.4. The van der Waals surface area contributed by atoms with E-state index >= 15 is 0 Å². The van der Waals surface area contributed by atoms with Crippen molar-refractivity contribution in [1.82, 2.24) is 0 Å². The normalized spacial score (nSPS) is 15.2. The number of carbonyl (C=O) groups is 3.